The van der Waals surface area contributed by atoms with E-state index in [4.69, 9.17) is 0 Å². The summed E-state index contributed by atoms with van der Waals surface area (Å²) in [5.41, 5.74) is 0. The van der Waals surface area contributed by atoms with Gasteiger partial charge in [0.25, 0.3) is 0 Å². The predicted octanol–water partition coefficient (Wildman–Crippen LogP) is 2.23. The minimum Gasteiger partial charge on any atom is -0.386 e. The number of rotatable bonds is 4. The number of nitrogens with one attached hydrogen (secondary N) is 1. The predicted molar refractivity (Wildman–Crippen MR) is 59.7 cm³/mol. The number of hydrogen-bond donors (Lipinski definition) is 2. The van der Waals surface area contributed by atoms with Crippen LogP contribution in [0.4, 0.5) is 0 Å². The second-order valence-corrected chi connectivity index (χ2v) is 5.32. The van der Waals surface area contributed by atoms with E-state index in [1.54, 1.807) is 11.3 Å². The number of aliphatic hydroxyl groups excluding tert-OH is 1. The van der Waals surface area contributed by atoms with Gasteiger partial charge in [0.15, 0.2) is 0 Å². The van der Waals surface area contributed by atoms with Gasteiger partial charge in [-0.15, -0.1) is 11.3 Å². The highest BCUT2D eigenvalue weighted by Gasteiger charge is 2.18. The van der Waals surface area contributed by atoms with Crippen molar-refractivity contribution in [2.24, 2.45) is 0 Å². The molecule has 1 unspecified atom stereocenters. The maximum absolute atomic E-state index is 9.85. The van der Waals surface area contributed by atoms with Crippen molar-refractivity contribution >= 4 is 11.3 Å². The van der Waals surface area contributed by atoms with E-state index >= 15 is 0 Å². The van der Waals surface area contributed by atoms with E-state index < -0.39 is 0 Å². The van der Waals surface area contributed by atoms with E-state index in [-0.39, 0.29) is 6.10 Å². The molecule has 1 atom stereocenters. The molecule has 78 valence electrons. The number of aryl methyl sites for hydroxylation is 1. The largest absolute Gasteiger partial charge is 0.386 e. The van der Waals surface area contributed by atoms with Gasteiger partial charge in [-0.3, -0.25) is 0 Å². The van der Waals surface area contributed by atoms with Crippen LogP contribution in [0.25, 0.3) is 0 Å². The molecule has 1 aromatic heterocycles. The van der Waals surface area contributed by atoms with Gasteiger partial charge >= 0.3 is 0 Å². The Morgan fingerprint density at radius 3 is 2.86 bits per heavy atom. The van der Waals surface area contributed by atoms with Crippen molar-refractivity contribution < 1.29 is 5.11 Å². The van der Waals surface area contributed by atoms with Crippen LogP contribution < -0.4 is 5.32 Å². The van der Waals surface area contributed by atoms with Crippen LogP contribution in [0.2, 0.25) is 0 Å². The molecule has 0 bridgehead atoms. The Hall–Kier alpha value is -0.380. The van der Waals surface area contributed by atoms with Gasteiger partial charge in [-0.25, -0.2) is 0 Å². The molecule has 2 rings (SSSR count). The lowest BCUT2D eigenvalue weighted by Gasteiger charge is -2.27. The molecule has 1 aliphatic carbocycles. The molecular formula is C11H17NOS. The van der Waals surface area contributed by atoms with E-state index in [1.807, 2.05) is 6.07 Å². The topological polar surface area (TPSA) is 32.3 Å². The highest BCUT2D eigenvalue weighted by molar-refractivity contribution is 7.12. The van der Waals surface area contributed by atoms with Crippen LogP contribution >= 0.6 is 11.3 Å². The van der Waals surface area contributed by atoms with Gasteiger partial charge < -0.3 is 10.4 Å². The molecule has 3 heteroatoms. The number of thiophene rings is 1. The van der Waals surface area contributed by atoms with E-state index in [1.165, 1.54) is 24.1 Å². The number of hydrogen-bond acceptors (Lipinski definition) is 3. The van der Waals surface area contributed by atoms with Gasteiger partial charge in [-0.05, 0) is 31.9 Å². The minimum atomic E-state index is -0.325. The third kappa shape index (κ3) is 2.35. The molecule has 0 radical (unpaired) electrons. The first-order valence-electron chi connectivity index (χ1n) is 5.23. The van der Waals surface area contributed by atoms with Crippen molar-refractivity contribution in [3.63, 3.8) is 0 Å². The van der Waals surface area contributed by atoms with Crippen LogP contribution in [0.3, 0.4) is 0 Å². The lowest BCUT2D eigenvalue weighted by Crippen LogP contribution is -2.37. The van der Waals surface area contributed by atoms with E-state index in [0.29, 0.717) is 12.6 Å². The maximum Gasteiger partial charge on any atom is 0.101 e. The average molecular weight is 211 g/mol. The summed E-state index contributed by atoms with van der Waals surface area (Å²) in [6, 6.07) is 4.74. The van der Waals surface area contributed by atoms with Crippen LogP contribution in [-0.2, 0) is 0 Å². The Morgan fingerprint density at radius 2 is 2.36 bits per heavy atom. The van der Waals surface area contributed by atoms with Crippen molar-refractivity contribution in [1.82, 2.24) is 5.32 Å². The van der Waals surface area contributed by atoms with Gasteiger partial charge in [-0.1, -0.05) is 6.42 Å². The summed E-state index contributed by atoms with van der Waals surface area (Å²) in [5.74, 6) is 0. The second-order valence-electron chi connectivity index (χ2n) is 4.00. The van der Waals surface area contributed by atoms with Gasteiger partial charge in [-0.2, -0.15) is 0 Å². The zero-order valence-electron chi connectivity index (χ0n) is 8.49. The van der Waals surface area contributed by atoms with Crippen molar-refractivity contribution in [2.75, 3.05) is 6.54 Å². The van der Waals surface area contributed by atoms with Crippen molar-refractivity contribution in [3.8, 4) is 0 Å². The molecule has 0 spiro atoms. The fourth-order valence-corrected chi connectivity index (χ4v) is 2.49. The molecule has 0 aromatic carbocycles. The second kappa shape index (κ2) is 4.43. The SMILES string of the molecule is Cc1ccc(C(O)CNC2CCC2)s1. The fraction of sp³-hybridized carbons (Fsp3) is 0.636. The molecule has 1 aromatic rings. The summed E-state index contributed by atoms with van der Waals surface area (Å²) in [6.45, 7) is 2.77. The molecule has 2 nitrogen and oxygen atoms in total. The Balaban J connectivity index is 1.79. The van der Waals surface area contributed by atoms with E-state index in [9.17, 15) is 5.11 Å². The molecule has 1 aliphatic rings. The van der Waals surface area contributed by atoms with Gasteiger partial charge in [0.2, 0.25) is 0 Å². The summed E-state index contributed by atoms with van der Waals surface area (Å²) in [6.07, 6.45) is 3.56. The van der Waals surface area contributed by atoms with Crippen LogP contribution in [0.15, 0.2) is 12.1 Å². The van der Waals surface area contributed by atoms with E-state index in [0.717, 1.165) is 4.88 Å². The van der Waals surface area contributed by atoms with Gasteiger partial charge in [0, 0.05) is 22.3 Å². The Labute approximate surface area is 89.0 Å². The van der Waals surface area contributed by atoms with Crippen LogP contribution in [0.5, 0.6) is 0 Å². The lowest BCUT2D eigenvalue weighted by atomic mass is 9.93. The van der Waals surface area contributed by atoms with Crippen molar-refractivity contribution in [2.45, 2.75) is 38.3 Å². The molecule has 0 amide bonds. The Morgan fingerprint density at radius 1 is 1.57 bits per heavy atom. The molecule has 1 saturated carbocycles. The molecule has 0 aliphatic heterocycles. The first-order valence-corrected chi connectivity index (χ1v) is 6.05. The molecular weight excluding hydrogens is 194 g/mol. The summed E-state index contributed by atoms with van der Waals surface area (Å²) >= 11 is 1.68. The highest BCUT2D eigenvalue weighted by atomic mass is 32.1. The summed E-state index contributed by atoms with van der Waals surface area (Å²) < 4.78 is 0. The zero-order chi connectivity index (χ0) is 9.97. The standard InChI is InChI=1S/C11H17NOS/c1-8-5-6-11(14-8)10(13)7-12-9-3-2-4-9/h5-6,9-10,12-13H,2-4,7H2,1H3. The number of aliphatic hydroxyl groups is 1. The van der Waals surface area contributed by atoms with Crippen molar-refractivity contribution in [1.29, 1.82) is 0 Å². The molecule has 0 saturated heterocycles. The van der Waals surface area contributed by atoms with Crippen LogP contribution in [0, 0.1) is 6.92 Å². The molecule has 14 heavy (non-hydrogen) atoms. The third-order valence-electron chi connectivity index (χ3n) is 2.79. The molecule has 2 N–H and O–H groups in total. The average Bonchev–Trinajstić information content (AvgIpc) is 2.49. The van der Waals surface area contributed by atoms with Gasteiger partial charge in [0.05, 0.1) is 0 Å². The normalized spacial score (nSPS) is 19.3. The monoisotopic (exact) mass is 211 g/mol. The van der Waals surface area contributed by atoms with E-state index in [2.05, 4.69) is 18.3 Å². The maximum atomic E-state index is 9.85. The van der Waals surface area contributed by atoms with Crippen LogP contribution in [0.1, 0.15) is 35.1 Å². The fourth-order valence-electron chi connectivity index (χ4n) is 1.62. The summed E-state index contributed by atoms with van der Waals surface area (Å²) in [7, 11) is 0. The Kier molecular flexibility index (Phi) is 3.21. The quantitative estimate of drug-likeness (QED) is 0.800. The summed E-state index contributed by atoms with van der Waals surface area (Å²) in [5, 5.41) is 13.2. The third-order valence-corrected chi connectivity index (χ3v) is 3.90. The first-order chi connectivity index (χ1) is 6.75. The van der Waals surface area contributed by atoms with Crippen LogP contribution in [-0.4, -0.2) is 17.7 Å². The summed E-state index contributed by atoms with van der Waals surface area (Å²) in [4.78, 5) is 2.34. The lowest BCUT2D eigenvalue weighted by molar-refractivity contribution is 0.164. The first kappa shape index (κ1) is 10.1. The minimum absolute atomic E-state index is 0.325. The van der Waals surface area contributed by atoms with Gasteiger partial charge in [0.1, 0.15) is 6.10 Å². The van der Waals surface area contributed by atoms with Crippen molar-refractivity contribution in [3.05, 3.63) is 21.9 Å². The zero-order valence-corrected chi connectivity index (χ0v) is 9.31. The Bertz CT molecular complexity index is 293. The molecule has 1 heterocycles. The highest BCUT2D eigenvalue weighted by Crippen LogP contribution is 2.23. The smallest absolute Gasteiger partial charge is 0.101 e. The molecule has 1 fully saturated rings.